The van der Waals surface area contributed by atoms with Crippen molar-refractivity contribution in [3.8, 4) is 0 Å². The standard InChI is InChI=1S/C13H22N2O6S/c1-7(4-10(16)8(14-2)5-11(17)18)12(19)15-9(6-22-3)13(20)21/h7-9,14H,4-6H2,1-3H3,(H,15,19)(H,17,18)(H,20,21)/t7?,8-,9+/m1/s1. The van der Waals surface area contributed by atoms with Crippen molar-refractivity contribution >= 4 is 35.4 Å². The number of carbonyl (C=O) groups excluding carboxylic acids is 2. The van der Waals surface area contributed by atoms with E-state index in [1.54, 1.807) is 6.26 Å². The van der Waals surface area contributed by atoms with Gasteiger partial charge in [-0.25, -0.2) is 4.79 Å². The average Bonchev–Trinajstić information content (AvgIpc) is 2.43. The molecule has 0 aromatic rings. The largest absolute Gasteiger partial charge is 0.481 e. The van der Waals surface area contributed by atoms with Crippen LogP contribution in [0, 0.1) is 5.92 Å². The number of thioether (sulfide) groups is 1. The van der Waals surface area contributed by atoms with E-state index in [0.717, 1.165) is 0 Å². The van der Waals surface area contributed by atoms with E-state index >= 15 is 0 Å². The van der Waals surface area contributed by atoms with E-state index in [1.165, 1.54) is 25.7 Å². The van der Waals surface area contributed by atoms with Crippen LogP contribution < -0.4 is 10.6 Å². The number of Topliss-reactive ketones (excluding diaryl/α,β-unsaturated/α-hetero) is 1. The molecule has 3 atom stereocenters. The Kier molecular flexibility index (Phi) is 9.43. The molecule has 0 saturated carbocycles. The number of likely N-dealkylation sites (N-methyl/N-ethyl adjacent to an activating group) is 1. The van der Waals surface area contributed by atoms with Gasteiger partial charge in [0.25, 0.3) is 0 Å². The van der Waals surface area contributed by atoms with E-state index in [0.29, 0.717) is 0 Å². The third kappa shape index (κ3) is 7.41. The minimum atomic E-state index is -1.14. The first-order chi connectivity index (χ1) is 10.2. The minimum Gasteiger partial charge on any atom is -0.481 e. The molecule has 0 aliphatic rings. The summed E-state index contributed by atoms with van der Waals surface area (Å²) in [7, 11) is 1.47. The van der Waals surface area contributed by atoms with Gasteiger partial charge in [0.15, 0.2) is 5.78 Å². The van der Waals surface area contributed by atoms with Gasteiger partial charge >= 0.3 is 11.9 Å². The molecular weight excluding hydrogens is 312 g/mol. The Bertz CT molecular complexity index is 429. The van der Waals surface area contributed by atoms with Crippen LogP contribution in [0.4, 0.5) is 0 Å². The fourth-order valence-electron chi connectivity index (χ4n) is 1.74. The van der Waals surface area contributed by atoms with Crippen LogP contribution in [0.15, 0.2) is 0 Å². The molecule has 0 fully saturated rings. The van der Waals surface area contributed by atoms with Gasteiger partial charge in [0, 0.05) is 18.1 Å². The summed E-state index contributed by atoms with van der Waals surface area (Å²) in [6.45, 7) is 1.50. The smallest absolute Gasteiger partial charge is 0.327 e. The molecule has 0 bridgehead atoms. The maximum absolute atomic E-state index is 11.9. The van der Waals surface area contributed by atoms with Gasteiger partial charge in [-0.1, -0.05) is 6.92 Å². The van der Waals surface area contributed by atoms with Crippen LogP contribution in [0.5, 0.6) is 0 Å². The number of rotatable bonds is 11. The topological polar surface area (TPSA) is 133 Å². The molecule has 0 aromatic carbocycles. The monoisotopic (exact) mass is 334 g/mol. The highest BCUT2D eigenvalue weighted by molar-refractivity contribution is 7.98. The predicted molar refractivity (Wildman–Crippen MR) is 81.8 cm³/mol. The third-order valence-corrected chi connectivity index (χ3v) is 3.69. The second-order valence-electron chi connectivity index (χ2n) is 4.87. The number of hydrogen-bond acceptors (Lipinski definition) is 6. The van der Waals surface area contributed by atoms with Crippen molar-refractivity contribution in [2.24, 2.45) is 5.92 Å². The maximum atomic E-state index is 11.9. The Balaban J connectivity index is 4.59. The molecule has 0 spiro atoms. The zero-order valence-corrected chi connectivity index (χ0v) is 13.6. The molecule has 0 aliphatic carbocycles. The van der Waals surface area contributed by atoms with E-state index in [2.05, 4.69) is 10.6 Å². The molecular formula is C13H22N2O6S. The summed E-state index contributed by atoms with van der Waals surface area (Å²) in [6.07, 6.45) is 1.20. The lowest BCUT2D eigenvalue weighted by Crippen LogP contribution is -2.46. The molecule has 0 heterocycles. The second kappa shape index (κ2) is 10.2. The zero-order chi connectivity index (χ0) is 17.3. The van der Waals surface area contributed by atoms with Gasteiger partial charge in [-0.3, -0.25) is 14.4 Å². The highest BCUT2D eigenvalue weighted by Gasteiger charge is 2.27. The highest BCUT2D eigenvalue weighted by atomic mass is 32.2. The first kappa shape index (κ1) is 20.4. The Morgan fingerprint density at radius 1 is 1.09 bits per heavy atom. The molecule has 126 valence electrons. The van der Waals surface area contributed by atoms with Crippen molar-refractivity contribution in [3.05, 3.63) is 0 Å². The lowest BCUT2D eigenvalue weighted by atomic mass is 9.97. The van der Waals surface area contributed by atoms with Gasteiger partial charge in [0.05, 0.1) is 12.5 Å². The van der Waals surface area contributed by atoms with Crippen LogP contribution in [0.3, 0.4) is 0 Å². The number of carbonyl (C=O) groups is 4. The number of nitrogens with one attached hydrogen (secondary N) is 2. The molecule has 4 N–H and O–H groups in total. The predicted octanol–water partition coefficient (Wildman–Crippen LogP) is -0.423. The molecule has 8 nitrogen and oxygen atoms in total. The Morgan fingerprint density at radius 2 is 1.68 bits per heavy atom. The first-order valence-corrected chi connectivity index (χ1v) is 8.06. The maximum Gasteiger partial charge on any atom is 0.327 e. The lowest BCUT2D eigenvalue weighted by Gasteiger charge is -2.18. The van der Waals surface area contributed by atoms with E-state index in [-0.39, 0.29) is 18.6 Å². The first-order valence-electron chi connectivity index (χ1n) is 6.66. The molecule has 0 saturated heterocycles. The van der Waals surface area contributed by atoms with Crippen LogP contribution in [0.25, 0.3) is 0 Å². The van der Waals surface area contributed by atoms with Crippen molar-refractivity contribution < 1.29 is 29.4 Å². The van der Waals surface area contributed by atoms with Crippen LogP contribution >= 0.6 is 11.8 Å². The number of amides is 1. The summed E-state index contributed by atoms with van der Waals surface area (Å²) >= 11 is 1.28. The quantitative estimate of drug-likeness (QED) is 0.400. The summed E-state index contributed by atoms with van der Waals surface area (Å²) in [4.78, 5) is 45.5. The molecule has 1 amide bonds. The Labute approximate surface area is 133 Å². The van der Waals surface area contributed by atoms with Crippen LogP contribution in [-0.2, 0) is 19.2 Å². The number of carboxylic acid groups (broad SMARTS) is 2. The van der Waals surface area contributed by atoms with E-state index in [1.807, 2.05) is 0 Å². The average molecular weight is 334 g/mol. The molecule has 1 unspecified atom stereocenters. The van der Waals surface area contributed by atoms with Crippen molar-refractivity contribution in [1.29, 1.82) is 0 Å². The van der Waals surface area contributed by atoms with E-state index in [4.69, 9.17) is 10.2 Å². The number of hydrogen-bond donors (Lipinski definition) is 4. The van der Waals surface area contributed by atoms with Crippen LogP contribution in [0.2, 0.25) is 0 Å². The fraction of sp³-hybridized carbons (Fsp3) is 0.692. The summed E-state index contributed by atoms with van der Waals surface area (Å²) in [5.41, 5.74) is 0. The fourth-order valence-corrected chi connectivity index (χ4v) is 2.30. The lowest BCUT2D eigenvalue weighted by molar-refractivity contribution is -0.142. The van der Waals surface area contributed by atoms with Crippen molar-refractivity contribution in [2.75, 3.05) is 19.1 Å². The van der Waals surface area contributed by atoms with Gasteiger partial charge in [0.1, 0.15) is 6.04 Å². The summed E-state index contributed by atoms with van der Waals surface area (Å²) in [6, 6.07) is -1.88. The van der Waals surface area contributed by atoms with Gasteiger partial charge in [-0.2, -0.15) is 11.8 Å². The Hall–Kier alpha value is -1.61. The molecule has 22 heavy (non-hydrogen) atoms. The third-order valence-electron chi connectivity index (χ3n) is 3.02. The van der Waals surface area contributed by atoms with Gasteiger partial charge in [-0.05, 0) is 13.3 Å². The van der Waals surface area contributed by atoms with E-state index in [9.17, 15) is 19.2 Å². The summed E-state index contributed by atoms with van der Waals surface area (Å²) in [5.74, 6) is -3.71. The van der Waals surface area contributed by atoms with Crippen molar-refractivity contribution in [1.82, 2.24) is 10.6 Å². The number of carboxylic acids is 2. The SMILES string of the molecule is CN[C@H](CC(=O)O)C(=O)CC(C)C(=O)N[C@@H](CSC)C(=O)O. The van der Waals surface area contributed by atoms with Crippen molar-refractivity contribution in [2.45, 2.75) is 31.8 Å². The minimum absolute atomic E-state index is 0.157. The number of ketones is 1. The highest BCUT2D eigenvalue weighted by Crippen LogP contribution is 2.09. The van der Waals surface area contributed by atoms with Crippen LogP contribution in [-0.4, -0.2) is 65.0 Å². The Morgan fingerprint density at radius 3 is 2.09 bits per heavy atom. The van der Waals surface area contributed by atoms with E-state index < -0.39 is 41.6 Å². The second-order valence-corrected chi connectivity index (χ2v) is 5.78. The van der Waals surface area contributed by atoms with Gasteiger partial charge in [0.2, 0.25) is 5.91 Å². The molecule has 0 aromatic heterocycles. The molecule has 0 rings (SSSR count). The normalized spacial score (nSPS) is 14.7. The molecule has 0 aliphatic heterocycles. The number of aliphatic carboxylic acids is 2. The summed E-state index contributed by atoms with van der Waals surface area (Å²) in [5, 5.41) is 22.6. The summed E-state index contributed by atoms with van der Waals surface area (Å²) < 4.78 is 0. The van der Waals surface area contributed by atoms with Crippen molar-refractivity contribution in [3.63, 3.8) is 0 Å². The molecule has 0 radical (unpaired) electrons. The van der Waals surface area contributed by atoms with Gasteiger partial charge in [-0.15, -0.1) is 0 Å². The molecule has 9 heteroatoms. The zero-order valence-electron chi connectivity index (χ0n) is 12.8. The van der Waals surface area contributed by atoms with Crippen LogP contribution in [0.1, 0.15) is 19.8 Å². The van der Waals surface area contributed by atoms with Gasteiger partial charge < -0.3 is 20.8 Å².